The number of aliphatic hydroxyl groups excluding tert-OH is 3. The van der Waals surface area contributed by atoms with Gasteiger partial charge in [-0.05, 0) is 6.42 Å². The Hall–Kier alpha value is -0.673. The van der Waals surface area contributed by atoms with Crippen LogP contribution in [0.1, 0.15) is 110 Å². The van der Waals surface area contributed by atoms with Gasteiger partial charge >= 0.3 is 24.8 Å². The number of hydrogen-bond donors (Lipinski definition) is 3. The molecule has 0 aromatic carbocycles. The molecule has 1 aliphatic heterocycles. The van der Waals surface area contributed by atoms with Gasteiger partial charge in [0.1, 0.15) is 6.10 Å². The van der Waals surface area contributed by atoms with Gasteiger partial charge in [0, 0.05) is 0 Å². The van der Waals surface area contributed by atoms with Crippen LogP contribution in [-0.2, 0) is 14.3 Å². The molecule has 0 amide bonds. The number of carbonyl (C=O) groups excluding carboxylic acids is 1. The molecule has 0 saturated carbocycles. The van der Waals surface area contributed by atoms with Gasteiger partial charge in [0.15, 0.2) is 11.9 Å². The molecule has 0 unspecified atom stereocenters. The van der Waals surface area contributed by atoms with E-state index in [9.17, 15) is 15.0 Å². The van der Waals surface area contributed by atoms with Crippen LogP contribution in [0.3, 0.4) is 0 Å². The first-order chi connectivity index (χ1) is 14.6. The van der Waals surface area contributed by atoms with Gasteiger partial charge in [-0.1, -0.05) is 103 Å². The van der Waals surface area contributed by atoms with Crippen LogP contribution in [0.5, 0.6) is 0 Å². The van der Waals surface area contributed by atoms with Crippen molar-refractivity contribution in [3.63, 3.8) is 0 Å². The quantitative estimate of drug-likeness (QED) is 0.146. The van der Waals surface area contributed by atoms with E-state index in [1.807, 2.05) is 0 Å². The summed E-state index contributed by atoms with van der Waals surface area (Å²) in [6.07, 6.45) is 18.0. The normalized spacial score (nSPS) is 16.9. The van der Waals surface area contributed by atoms with Gasteiger partial charge in [0.05, 0.1) is 13.2 Å². The zero-order chi connectivity index (χ0) is 22.0. The Labute approximate surface area is 201 Å². The van der Waals surface area contributed by atoms with Crippen LogP contribution in [-0.4, -0.2) is 65.6 Å². The van der Waals surface area contributed by atoms with Crippen molar-refractivity contribution in [2.45, 2.75) is 122 Å². The third kappa shape index (κ3) is 13.5. The second kappa shape index (κ2) is 20.0. The zero-order valence-corrected chi connectivity index (χ0v) is 18.9. The molecular weight excluding hydrogens is 391 g/mol. The van der Waals surface area contributed by atoms with Gasteiger partial charge in [0.2, 0.25) is 5.76 Å². The summed E-state index contributed by atoms with van der Waals surface area (Å²) in [6.45, 7) is 1.99. The van der Waals surface area contributed by atoms with Crippen molar-refractivity contribution in [2.75, 3.05) is 13.2 Å². The third-order valence-corrected chi connectivity index (χ3v) is 5.70. The third-order valence-electron chi connectivity index (χ3n) is 5.70. The minimum atomic E-state index is -1.34. The number of aliphatic hydroxyl groups is 3. The second-order valence-corrected chi connectivity index (χ2v) is 8.44. The van der Waals surface area contributed by atoms with Gasteiger partial charge in [-0.2, -0.15) is 0 Å². The Morgan fingerprint density at radius 1 is 0.839 bits per heavy atom. The average molecular weight is 437 g/mol. The molecule has 0 saturated heterocycles. The van der Waals surface area contributed by atoms with E-state index < -0.39 is 30.5 Å². The molecule has 1 heterocycles. The topological polar surface area (TPSA) is 96.2 Å². The standard InChI is InChI=1S/C24H44O6.Li.H/c1-2-3-4-5-6-7-8-9-10-11-12-13-14-15-16-17-18-29-23-21(27)22(20(26)19-25)30-24(23)28;;/h20,22,25-27H,2-19H2,1H3;;/t20-,22+;;/m0../s1. The van der Waals surface area contributed by atoms with Crippen molar-refractivity contribution in [1.82, 2.24) is 0 Å². The fraction of sp³-hybridized carbons (Fsp3) is 0.875. The van der Waals surface area contributed by atoms with E-state index >= 15 is 0 Å². The van der Waals surface area contributed by atoms with E-state index in [1.54, 1.807) is 0 Å². The summed E-state index contributed by atoms with van der Waals surface area (Å²) >= 11 is 0. The van der Waals surface area contributed by atoms with Crippen LogP contribution in [0, 0.1) is 0 Å². The number of rotatable bonds is 20. The van der Waals surface area contributed by atoms with Crippen molar-refractivity contribution in [3.05, 3.63) is 11.5 Å². The maximum absolute atomic E-state index is 11.7. The molecule has 31 heavy (non-hydrogen) atoms. The van der Waals surface area contributed by atoms with Crippen LogP contribution in [0.4, 0.5) is 0 Å². The summed E-state index contributed by atoms with van der Waals surface area (Å²) in [6, 6.07) is 0. The summed E-state index contributed by atoms with van der Waals surface area (Å²) in [4.78, 5) is 11.7. The van der Waals surface area contributed by atoms with Crippen LogP contribution < -0.4 is 0 Å². The Balaban J connectivity index is 0.00000900. The molecule has 1 rings (SSSR count). The molecule has 178 valence electrons. The van der Waals surface area contributed by atoms with Crippen molar-refractivity contribution < 1.29 is 29.6 Å². The Morgan fingerprint density at radius 3 is 1.68 bits per heavy atom. The van der Waals surface area contributed by atoms with E-state index in [4.69, 9.17) is 14.6 Å². The predicted octanol–water partition coefficient (Wildman–Crippen LogP) is 4.66. The van der Waals surface area contributed by atoms with Gasteiger partial charge in [-0.3, -0.25) is 0 Å². The first-order valence-electron chi connectivity index (χ1n) is 12.2. The summed E-state index contributed by atoms with van der Waals surface area (Å²) in [5, 5.41) is 28.3. The summed E-state index contributed by atoms with van der Waals surface area (Å²) < 4.78 is 10.2. The Bertz CT molecular complexity index is 483. The molecule has 0 bridgehead atoms. The van der Waals surface area contributed by atoms with Crippen molar-refractivity contribution >= 4 is 24.8 Å². The van der Waals surface area contributed by atoms with Crippen molar-refractivity contribution in [2.24, 2.45) is 0 Å². The number of carbonyl (C=O) groups is 1. The Morgan fingerprint density at radius 2 is 1.26 bits per heavy atom. The van der Waals surface area contributed by atoms with Gasteiger partial charge in [-0.25, -0.2) is 4.79 Å². The summed E-state index contributed by atoms with van der Waals surface area (Å²) in [7, 11) is 0. The molecule has 2 atom stereocenters. The van der Waals surface area contributed by atoms with Crippen molar-refractivity contribution in [3.8, 4) is 0 Å². The van der Waals surface area contributed by atoms with Crippen LogP contribution in [0.15, 0.2) is 11.5 Å². The SMILES string of the molecule is CCCCCCCCCCCCCCCCCCOC1=C(O)[C@@H]([C@@H](O)CO)OC1=O.[LiH]. The Kier molecular flexibility index (Phi) is 19.5. The first-order valence-corrected chi connectivity index (χ1v) is 12.2. The van der Waals surface area contributed by atoms with Crippen LogP contribution >= 0.6 is 0 Å². The fourth-order valence-electron chi connectivity index (χ4n) is 3.77. The molecular formula is C24H45LiO6. The zero-order valence-electron chi connectivity index (χ0n) is 18.9. The molecule has 0 fully saturated rings. The average Bonchev–Trinajstić information content (AvgIpc) is 3.03. The molecule has 1 aliphatic rings. The predicted molar refractivity (Wildman–Crippen MR) is 125 cm³/mol. The number of ether oxygens (including phenoxy) is 2. The van der Waals surface area contributed by atoms with E-state index in [1.165, 1.54) is 83.5 Å². The molecule has 0 aromatic rings. The van der Waals surface area contributed by atoms with Crippen LogP contribution in [0.25, 0.3) is 0 Å². The monoisotopic (exact) mass is 436 g/mol. The molecule has 0 spiro atoms. The number of esters is 1. The summed E-state index contributed by atoms with van der Waals surface area (Å²) in [5.41, 5.74) is 0. The molecule has 0 radical (unpaired) electrons. The first kappa shape index (κ1) is 30.3. The number of unbranched alkanes of at least 4 members (excludes halogenated alkanes) is 15. The molecule has 3 N–H and O–H groups in total. The number of cyclic esters (lactones) is 1. The second-order valence-electron chi connectivity index (χ2n) is 8.44. The van der Waals surface area contributed by atoms with Gasteiger partial charge in [-0.15, -0.1) is 0 Å². The number of hydrogen-bond acceptors (Lipinski definition) is 6. The van der Waals surface area contributed by atoms with Gasteiger partial charge in [0.25, 0.3) is 0 Å². The van der Waals surface area contributed by atoms with E-state index in [-0.39, 0.29) is 24.6 Å². The molecule has 7 heteroatoms. The molecule has 0 aliphatic carbocycles. The molecule has 0 aromatic heterocycles. The summed E-state index contributed by atoms with van der Waals surface area (Å²) in [5.74, 6) is -1.46. The maximum atomic E-state index is 11.7. The van der Waals surface area contributed by atoms with Crippen molar-refractivity contribution in [1.29, 1.82) is 0 Å². The molecule has 6 nitrogen and oxygen atoms in total. The fourth-order valence-corrected chi connectivity index (χ4v) is 3.77. The van der Waals surface area contributed by atoms with Gasteiger partial charge < -0.3 is 24.8 Å². The van der Waals surface area contributed by atoms with E-state index in [0.717, 1.165) is 19.3 Å². The minimum absolute atomic E-state index is 0. The van der Waals surface area contributed by atoms with E-state index in [0.29, 0.717) is 6.61 Å². The van der Waals surface area contributed by atoms with E-state index in [2.05, 4.69) is 6.92 Å². The van der Waals surface area contributed by atoms with Crippen LogP contribution in [0.2, 0.25) is 0 Å².